The summed E-state index contributed by atoms with van der Waals surface area (Å²) in [6, 6.07) is 7.48. The second kappa shape index (κ2) is 8.17. The van der Waals surface area contributed by atoms with Crippen LogP contribution in [0, 0.1) is 0 Å². The number of benzene rings is 1. The van der Waals surface area contributed by atoms with Gasteiger partial charge in [0, 0.05) is 24.6 Å². The van der Waals surface area contributed by atoms with Crippen LogP contribution in [0.2, 0.25) is 0 Å². The lowest BCUT2D eigenvalue weighted by molar-refractivity contribution is 0.369. The zero-order valence-electron chi connectivity index (χ0n) is 13.7. The Morgan fingerprint density at radius 1 is 1.35 bits per heavy atom. The Morgan fingerprint density at radius 2 is 2.09 bits per heavy atom. The zero-order chi connectivity index (χ0) is 16.7. The fourth-order valence-corrected chi connectivity index (χ4v) is 1.90. The summed E-state index contributed by atoms with van der Waals surface area (Å²) in [5.74, 6) is 2.83. The lowest BCUT2D eigenvalue weighted by Gasteiger charge is -2.06. The van der Waals surface area contributed by atoms with Gasteiger partial charge in [0.05, 0.1) is 7.11 Å². The Bertz CT molecular complexity index is 634. The van der Waals surface area contributed by atoms with Crippen molar-refractivity contribution in [1.29, 1.82) is 0 Å². The molecule has 0 aliphatic rings. The minimum absolute atomic E-state index is 0.273. The van der Waals surface area contributed by atoms with Gasteiger partial charge in [-0.1, -0.05) is 19.0 Å². The molecular weight excluding hydrogens is 294 g/mol. The molecule has 1 aromatic carbocycles. The monoisotopic (exact) mass is 317 g/mol. The molecule has 0 spiro atoms. The van der Waals surface area contributed by atoms with E-state index in [9.17, 15) is 0 Å². The Hall–Kier alpha value is -2.57. The predicted octanol–water partition coefficient (Wildman–Crippen LogP) is 2.56. The van der Waals surface area contributed by atoms with Crippen LogP contribution in [0.4, 0.5) is 5.69 Å². The quantitative estimate of drug-likeness (QED) is 0.462. The van der Waals surface area contributed by atoms with Crippen LogP contribution in [0.25, 0.3) is 0 Å². The zero-order valence-corrected chi connectivity index (χ0v) is 13.7. The number of nitrogens with one attached hydrogen (secondary N) is 1. The molecule has 124 valence electrons. The van der Waals surface area contributed by atoms with Crippen LogP contribution in [0.3, 0.4) is 0 Å². The third-order valence-corrected chi connectivity index (χ3v) is 3.19. The average Bonchev–Trinajstić information content (AvgIpc) is 3.01. The maximum Gasteiger partial charge on any atom is 0.226 e. The van der Waals surface area contributed by atoms with E-state index in [-0.39, 0.29) is 5.92 Å². The fraction of sp³-hybridized carbons (Fsp3) is 0.438. The summed E-state index contributed by atoms with van der Waals surface area (Å²) in [6.07, 6.45) is 1.49. The summed E-state index contributed by atoms with van der Waals surface area (Å²) in [6.45, 7) is 4.66. The van der Waals surface area contributed by atoms with Crippen LogP contribution < -0.4 is 15.8 Å². The Kier molecular flexibility index (Phi) is 5.96. The van der Waals surface area contributed by atoms with E-state index in [2.05, 4.69) is 20.4 Å². The summed E-state index contributed by atoms with van der Waals surface area (Å²) in [4.78, 5) is 8.61. The molecule has 0 fully saturated rings. The van der Waals surface area contributed by atoms with Crippen molar-refractivity contribution in [1.82, 2.24) is 10.1 Å². The van der Waals surface area contributed by atoms with Crippen LogP contribution in [0.15, 0.2) is 33.8 Å². The number of rotatable bonds is 7. The molecule has 2 rings (SSSR count). The number of aryl methyl sites for hydroxylation is 1. The van der Waals surface area contributed by atoms with E-state index in [0.29, 0.717) is 24.8 Å². The highest BCUT2D eigenvalue weighted by molar-refractivity contribution is 5.92. The lowest BCUT2D eigenvalue weighted by atomic mass is 10.2. The van der Waals surface area contributed by atoms with Crippen molar-refractivity contribution in [3.63, 3.8) is 0 Å². The van der Waals surface area contributed by atoms with Gasteiger partial charge in [-0.3, -0.25) is 4.99 Å². The van der Waals surface area contributed by atoms with Crippen molar-refractivity contribution in [2.45, 2.75) is 32.6 Å². The SMILES string of the molecule is COc1ccc(NC(N)=NCCCc2nc(C(C)C)no2)cc1. The van der Waals surface area contributed by atoms with E-state index < -0.39 is 0 Å². The Labute approximate surface area is 135 Å². The highest BCUT2D eigenvalue weighted by Gasteiger charge is 2.08. The molecule has 23 heavy (non-hydrogen) atoms. The van der Waals surface area contributed by atoms with Crippen molar-refractivity contribution < 1.29 is 9.26 Å². The molecule has 0 bridgehead atoms. The van der Waals surface area contributed by atoms with Crippen molar-refractivity contribution in [2.24, 2.45) is 10.7 Å². The predicted molar refractivity (Wildman–Crippen MR) is 89.8 cm³/mol. The molecule has 3 N–H and O–H groups in total. The molecule has 0 radical (unpaired) electrons. The minimum atomic E-state index is 0.273. The molecule has 0 amide bonds. The van der Waals surface area contributed by atoms with Crippen LogP contribution in [-0.2, 0) is 6.42 Å². The summed E-state index contributed by atoms with van der Waals surface area (Å²) in [5.41, 5.74) is 6.72. The third-order valence-electron chi connectivity index (χ3n) is 3.19. The van der Waals surface area contributed by atoms with Crippen LogP contribution >= 0.6 is 0 Å². The molecule has 0 saturated heterocycles. The summed E-state index contributed by atoms with van der Waals surface area (Å²) in [7, 11) is 1.63. The van der Waals surface area contributed by atoms with Gasteiger partial charge in [-0.15, -0.1) is 0 Å². The molecule has 7 heteroatoms. The molecule has 0 saturated carbocycles. The number of nitrogens with zero attached hydrogens (tertiary/aromatic N) is 3. The lowest BCUT2D eigenvalue weighted by Crippen LogP contribution is -2.22. The summed E-state index contributed by atoms with van der Waals surface area (Å²) < 4.78 is 10.3. The van der Waals surface area contributed by atoms with E-state index in [4.69, 9.17) is 15.0 Å². The highest BCUT2D eigenvalue weighted by Crippen LogP contribution is 2.14. The second-order valence-electron chi connectivity index (χ2n) is 5.43. The number of ether oxygens (including phenoxy) is 1. The van der Waals surface area contributed by atoms with Gasteiger partial charge in [0.15, 0.2) is 11.8 Å². The fourth-order valence-electron chi connectivity index (χ4n) is 1.90. The van der Waals surface area contributed by atoms with E-state index >= 15 is 0 Å². The number of methoxy groups -OCH3 is 1. The minimum Gasteiger partial charge on any atom is -0.497 e. The number of guanidine groups is 1. The first-order valence-corrected chi connectivity index (χ1v) is 7.62. The van der Waals surface area contributed by atoms with Crippen molar-refractivity contribution in [3.05, 3.63) is 36.0 Å². The van der Waals surface area contributed by atoms with Gasteiger partial charge in [-0.05, 0) is 30.7 Å². The van der Waals surface area contributed by atoms with Gasteiger partial charge in [0.2, 0.25) is 5.89 Å². The van der Waals surface area contributed by atoms with Crippen molar-refractivity contribution in [2.75, 3.05) is 19.0 Å². The van der Waals surface area contributed by atoms with Gasteiger partial charge in [0.25, 0.3) is 0 Å². The first-order chi connectivity index (χ1) is 11.1. The van der Waals surface area contributed by atoms with Gasteiger partial charge < -0.3 is 20.3 Å². The molecule has 7 nitrogen and oxygen atoms in total. The molecular formula is C16H23N5O2. The van der Waals surface area contributed by atoms with Crippen LogP contribution in [-0.4, -0.2) is 29.8 Å². The van der Waals surface area contributed by atoms with Gasteiger partial charge >= 0.3 is 0 Å². The van der Waals surface area contributed by atoms with Crippen LogP contribution in [0.1, 0.15) is 37.9 Å². The first kappa shape index (κ1) is 16.8. The number of nitrogens with two attached hydrogens (primary N) is 1. The second-order valence-corrected chi connectivity index (χ2v) is 5.43. The maximum absolute atomic E-state index is 5.86. The smallest absolute Gasteiger partial charge is 0.226 e. The number of hydrogen-bond donors (Lipinski definition) is 2. The third kappa shape index (κ3) is 5.28. The van der Waals surface area contributed by atoms with E-state index in [1.807, 2.05) is 38.1 Å². The molecule has 0 aliphatic carbocycles. The van der Waals surface area contributed by atoms with Gasteiger partial charge in [-0.25, -0.2) is 0 Å². The molecule has 0 atom stereocenters. The maximum atomic E-state index is 5.86. The normalized spacial score (nSPS) is 11.7. The number of aromatic nitrogens is 2. The van der Waals surface area contributed by atoms with Crippen molar-refractivity contribution >= 4 is 11.6 Å². The first-order valence-electron chi connectivity index (χ1n) is 7.62. The number of aliphatic imine (C=N–C) groups is 1. The standard InChI is InChI=1S/C16H23N5O2/c1-11(2)15-20-14(23-21-15)5-4-10-18-16(17)19-12-6-8-13(22-3)9-7-12/h6-9,11H,4-5,10H2,1-3H3,(H3,17,18,19). The van der Waals surface area contributed by atoms with Crippen LogP contribution in [0.5, 0.6) is 5.75 Å². The van der Waals surface area contributed by atoms with Gasteiger partial charge in [-0.2, -0.15) is 4.98 Å². The Balaban J connectivity index is 1.75. The average molecular weight is 317 g/mol. The molecule has 0 aliphatic heterocycles. The van der Waals surface area contributed by atoms with E-state index in [1.165, 1.54) is 0 Å². The summed E-state index contributed by atoms with van der Waals surface area (Å²) >= 11 is 0. The van der Waals surface area contributed by atoms with Gasteiger partial charge in [0.1, 0.15) is 5.75 Å². The summed E-state index contributed by atoms with van der Waals surface area (Å²) in [5, 5.41) is 6.96. The molecule has 1 heterocycles. The molecule has 0 unspecified atom stereocenters. The molecule has 2 aromatic rings. The van der Waals surface area contributed by atoms with E-state index in [1.54, 1.807) is 7.11 Å². The topological polar surface area (TPSA) is 98.6 Å². The van der Waals surface area contributed by atoms with E-state index in [0.717, 1.165) is 23.7 Å². The number of hydrogen-bond acceptors (Lipinski definition) is 5. The highest BCUT2D eigenvalue weighted by atomic mass is 16.5. The Morgan fingerprint density at radius 3 is 2.70 bits per heavy atom. The van der Waals surface area contributed by atoms with Crippen molar-refractivity contribution in [3.8, 4) is 5.75 Å². The largest absolute Gasteiger partial charge is 0.497 e. The molecule has 1 aromatic heterocycles. The number of anilines is 1.